The summed E-state index contributed by atoms with van der Waals surface area (Å²) < 4.78 is 18.6. The van der Waals surface area contributed by atoms with Gasteiger partial charge in [-0.05, 0) is 47.9 Å². The van der Waals surface area contributed by atoms with E-state index in [0.717, 1.165) is 22.4 Å². The minimum Gasteiger partial charge on any atom is -0.497 e. The molecule has 3 aromatic carbocycles. The van der Waals surface area contributed by atoms with Crippen LogP contribution < -0.4 is 15.4 Å². The van der Waals surface area contributed by atoms with Crippen molar-refractivity contribution in [3.63, 3.8) is 0 Å². The summed E-state index contributed by atoms with van der Waals surface area (Å²) in [6.45, 7) is 2.64. The van der Waals surface area contributed by atoms with E-state index in [-0.39, 0.29) is 24.3 Å². The molecule has 0 saturated heterocycles. The zero-order valence-electron chi connectivity index (χ0n) is 16.6. The van der Waals surface area contributed by atoms with E-state index in [0.29, 0.717) is 6.54 Å². The molecule has 0 saturated carbocycles. The molecule has 0 bridgehead atoms. The van der Waals surface area contributed by atoms with E-state index in [1.807, 2.05) is 55.5 Å². The molecule has 3 rings (SSSR count). The fourth-order valence-corrected chi connectivity index (χ4v) is 3.04. The summed E-state index contributed by atoms with van der Waals surface area (Å²) in [5.74, 6) is 0.353. The Morgan fingerprint density at radius 1 is 0.931 bits per heavy atom. The molecule has 0 unspecified atom stereocenters. The number of nitrogens with one attached hydrogen (secondary N) is 2. The first kappa shape index (κ1) is 20.6. The largest absolute Gasteiger partial charge is 0.497 e. The van der Waals surface area contributed by atoms with Crippen molar-refractivity contribution >= 4 is 5.91 Å². The lowest BCUT2D eigenvalue weighted by molar-refractivity contribution is -0.120. The molecule has 1 amide bonds. The third-order valence-electron chi connectivity index (χ3n) is 4.73. The van der Waals surface area contributed by atoms with Gasteiger partial charge in [0.25, 0.3) is 0 Å². The summed E-state index contributed by atoms with van der Waals surface area (Å²) in [7, 11) is 1.61. The topological polar surface area (TPSA) is 50.4 Å². The molecular formula is C24H25FN2O2. The average molecular weight is 392 g/mol. The highest BCUT2D eigenvalue weighted by Gasteiger charge is 2.15. The van der Waals surface area contributed by atoms with Crippen molar-refractivity contribution in [3.8, 4) is 5.75 Å². The maximum absolute atomic E-state index is 13.4. The number of hydrogen-bond acceptors (Lipinski definition) is 3. The number of aryl methyl sites for hydroxylation is 1. The summed E-state index contributed by atoms with van der Waals surface area (Å²) in [5, 5.41) is 6.20. The van der Waals surface area contributed by atoms with Crippen LogP contribution in [0.4, 0.5) is 4.39 Å². The van der Waals surface area contributed by atoms with Crippen molar-refractivity contribution in [2.45, 2.75) is 19.5 Å². The third-order valence-corrected chi connectivity index (χ3v) is 4.73. The lowest BCUT2D eigenvalue weighted by Crippen LogP contribution is -2.35. The van der Waals surface area contributed by atoms with Gasteiger partial charge in [0.15, 0.2) is 0 Å². The zero-order valence-corrected chi connectivity index (χ0v) is 16.6. The van der Waals surface area contributed by atoms with E-state index in [9.17, 15) is 9.18 Å². The fourth-order valence-electron chi connectivity index (χ4n) is 3.04. The number of benzene rings is 3. The maximum Gasteiger partial charge on any atom is 0.234 e. The van der Waals surface area contributed by atoms with Crippen LogP contribution in [-0.4, -0.2) is 19.6 Å². The number of carbonyl (C=O) groups excluding carboxylic acids is 1. The van der Waals surface area contributed by atoms with E-state index in [4.69, 9.17) is 4.74 Å². The number of carbonyl (C=O) groups is 1. The van der Waals surface area contributed by atoms with Gasteiger partial charge in [-0.15, -0.1) is 0 Å². The Balaban J connectivity index is 1.66. The van der Waals surface area contributed by atoms with Gasteiger partial charge in [-0.25, -0.2) is 4.39 Å². The van der Waals surface area contributed by atoms with Crippen LogP contribution in [0.2, 0.25) is 0 Å². The number of hydrogen-bond donors (Lipinski definition) is 2. The van der Waals surface area contributed by atoms with E-state index >= 15 is 0 Å². The van der Waals surface area contributed by atoms with Gasteiger partial charge in [0.1, 0.15) is 11.6 Å². The first-order valence-electron chi connectivity index (χ1n) is 9.50. The highest BCUT2D eigenvalue weighted by molar-refractivity contribution is 5.78. The first-order chi connectivity index (χ1) is 14.0. The highest BCUT2D eigenvalue weighted by atomic mass is 19.1. The molecule has 4 nitrogen and oxygen atoms in total. The average Bonchev–Trinajstić information content (AvgIpc) is 2.75. The van der Waals surface area contributed by atoms with Gasteiger partial charge in [0, 0.05) is 6.54 Å². The first-order valence-corrected chi connectivity index (χ1v) is 9.50. The Morgan fingerprint density at radius 2 is 1.52 bits per heavy atom. The number of methoxy groups -OCH3 is 1. The van der Waals surface area contributed by atoms with E-state index in [1.165, 1.54) is 17.7 Å². The summed E-state index contributed by atoms with van der Waals surface area (Å²) in [6, 6.07) is 21.7. The second-order valence-corrected chi connectivity index (χ2v) is 6.90. The van der Waals surface area contributed by atoms with Crippen LogP contribution >= 0.6 is 0 Å². The molecule has 3 aromatic rings. The molecule has 1 atom stereocenters. The monoisotopic (exact) mass is 392 g/mol. The maximum atomic E-state index is 13.4. The lowest BCUT2D eigenvalue weighted by Gasteiger charge is -2.20. The van der Waals surface area contributed by atoms with Crippen molar-refractivity contribution in [2.75, 3.05) is 13.7 Å². The van der Waals surface area contributed by atoms with Crippen LogP contribution in [-0.2, 0) is 11.3 Å². The third kappa shape index (κ3) is 5.90. The standard InChI is InChI=1S/C24H25FN2O2/c1-17-3-5-18(6-4-17)15-26-23(28)16-27-24(19-7-11-21(25)12-8-19)20-9-13-22(29-2)14-10-20/h3-14,24,27H,15-16H2,1-2H3,(H,26,28)/t24-/m0/s1. The Bertz CT molecular complexity index is 923. The van der Waals surface area contributed by atoms with Crippen LogP contribution in [0.25, 0.3) is 0 Å². The van der Waals surface area contributed by atoms with Gasteiger partial charge in [-0.3, -0.25) is 10.1 Å². The summed E-state index contributed by atoms with van der Waals surface area (Å²) >= 11 is 0. The van der Waals surface area contributed by atoms with Crippen LogP contribution in [0.5, 0.6) is 5.75 Å². The van der Waals surface area contributed by atoms with E-state index < -0.39 is 0 Å². The van der Waals surface area contributed by atoms with Crippen LogP contribution in [0.15, 0.2) is 72.8 Å². The highest BCUT2D eigenvalue weighted by Crippen LogP contribution is 2.24. The van der Waals surface area contributed by atoms with E-state index in [2.05, 4.69) is 10.6 Å². The summed E-state index contributed by atoms with van der Waals surface area (Å²) in [4.78, 5) is 12.4. The fraction of sp³-hybridized carbons (Fsp3) is 0.208. The van der Waals surface area contributed by atoms with Gasteiger partial charge in [-0.1, -0.05) is 54.1 Å². The number of ether oxygens (including phenoxy) is 1. The van der Waals surface area contributed by atoms with Crippen molar-refractivity contribution in [1.82, 2.24) is 10.6 Å². The smallest absolute Gasteiger partial charge is 0.234 e. The molecule has 0 aliphatic heterocycles. The van der Waals surface area contributed by atoms with Gasteiger partial charge in [0.05, 0.1) is 19.7 Å². The molecule has 0 aliphatic carbocycles. The summed E-state index contributed by atoms with van der Waals surface area (Å²) in [6.07, 6.45) is 0. The molecule has 0 radical (unpaired) electrons. The van der Waals surface area contributed by atoms with Crippen LogP contribution in [0.3, 0.4) is 0 Å². The quantitative estimate of drug-likeness (QED) is 0.606. The number of rotatable bonds is 8. The SMILES string of the molecule is COc1ccc([C@@H](NCC(=O)NCc2ccc(C)cc2)c2ccc(F)cc2)cc1. The Hall–Kier alpha value is -3.18. The predicted molar refractivity (Wildman–Crippen MR) is 112 cm³/mol. The number of amides is 1. The molecule has 2 N–H and O–H groups in total. The zero-order chi connectivity index (χ0) is 20.6. The molecule has 29 heavy (non-hydrogen) atoms. The number of halogens is 1. The molecule has 0 aliphatic rings. The van der Waals surface area contributed by atoms with E-state index in [1.54, 1.807) is 19.2 Å². The van der Waals surface area contributed by atoms with Crippen molar-refractivity contribution in [2.24, 2.45) is 0 Å². The molecule has 150 valence electrons. The van der Waals surface area contributed by atoms with Crippen molar-refractivity contribution in [1.29, 1.82) is 0 Å². The summed E-state index contributed by atoms with van der Waals surface area (Å²) in [5.41, 5.74) is 4.07. The minimum absolute atomic E-state index is 0.105. The normalized spacial score (nSPS) is 11.7. The minimum atomic E-state index is -0.293. The molecule has 0 spiro atoms. The van der Waals surface area contributed by atoms with Crippen molar-refractivity contribution in [3.05, 3.63) is 101 Å². The Morgan fingerprint density at radius 3 is 2.10 bits per heavy atom. The van der Waals surface area contributed by atoms with Gasteiger partial charge in [0.2, 0.25) is 5.91 Å². The molecule has 0 heterocycles. The van der Waals surface area contributed by atoms with Gasteiger partial charge < -0.3 is 10.1 Å². The predicted octanol–water partition coefficient (Wildman–Crippen LogP) is 4.14. The molecule has 0 fully saturated rings. The second kappa shape index (κ2) is 9.85. The molecule has 5 heteroatoms. The molecule has 0 aromatic heterocycles. The Kier molecular flexibility index (Phi) is 6.98. The van der Waals surface area contributed by atoms with Gasteiger partial charge in [-0.2, -0.15) is 0 Å². The Labute approximate surface area is 170 Å². The van der Waals surface area contributed by atoms with Gasteiger partial charge >= 0.3 is 0 Å². The molecular weight excluding hydrogens is 367 g/mol. The second-order valence-electron chi connectivity index (χ2n) is 6.90. The van der Waals surface area contributed by atoms with Crippen LogP contribution in [0.1, 0.15) is 28.3 Å². The van der Waals surface area contributed by atoms with Crippen molar-refractivity contribution < 1.29 is 13.9 Å². The lowest BCUT2D eigenvalue weighted by atomic mass is 9.98. The van der Waals surface area contributed by atoms with Crippen LogP contribution in [0, 0.1) is 12.7 Å².